The van der Waals surface area contributed by atoms with Gasteiger partial charge >= 0.3 is 0 Å². The van der Waals surface area contributed by atoms with Crippen molar-refractivity contribution in [1.82, 2.24) is 10.1 Å². The summed E-state index contributed by atoms with van der Waals surface area (Å²) in [7, 11) is 0. The summed E-state index contributed by atoms with van der Waals surface area (Å²) in [6, 6.07) is 9.65. The quantitative estimate of drug-likeness (QED) is 0.739. The third-order valence-electron chi connectivity index (χ3n) is 5.31. The van der Waals surface area contributed by atoms with Crippen LogP contribution in [-0.2, 0) is 23.3 Å². The van der Waals surface area contributed by atoms with Crippen LogP contribution in [0.4, 0.5) is 5.69 Å². The summed E-state index contributed by atoms with van der Waals surface area (Å²) < 4.78 is 11.0. The van der Waals surface area contributed by atoms with Gasteiger partial charge in [0.2, 0.25) is 5.91 Å². The van der Waals surface area contributed by atoms with Gasteiger partial charge in [-0.3, -0.25) is 4.79 Å². The van der Waals surface area contributed by atoms with Crippen LogP contribution in [-0.4, -0.2) is 16.0 Å². The van der Waals surface area contributed by atoms with Gasteiger partial charge in [-0.2, -0.15) is 4.98 Å². The van der Waals surface area contributed by atoms with E-state index in [1.807, 2.05) is 30.3 Å². The van der Waals surface area contributed by atoms with Gasteiger partial charge in [0.1, 0.15) is 0 Å². The van der Waals surface area contributed by atoms with Crippen molar-refractivity contribution in [2.45, 2.75) is 37.8 Å². The smallest absolute Gasteiger partial charge is 0.294 e. The Morgan fingerprint density at radius 2 is 2.04 bits per heavy atom. The van der Waals surface area contributed by atoms with E-state index in [1.165, 1.54) is 0 Å². The number of furan rings is 1. The number of amides is 1. The lowest BCUT2D eigenvalue weighted by Gasteiger charge is -2.34. The van der Waals surface area contributed by atoms with Gasteiger partial charge in [-0.15, -0.1) is 12.4 Å². The number of carbonyl (C=O) groups excluding carboxylic acids is 1. The molecule has 2 aromatic heterocycles. The number of rotatable bonds is 4. The number of anilines is 1. The number of benzene rings is 1. The number of hydrogen-bond donors (Lipinski definition) is 1. The number of aromatic nitrogens is 2. The lowest BCUT2D eigenvalue weighted by atomic mass is 9.77. The average Bonchev–Trinajstić information content (AvgIpc) is 3.32. The fraction of sp³-hybridized carbons (Fsp3) is 0.316. The van der Waals surface area contributed by atoms with E-state index in [1.54, 1.807) is 11.2 Å². The first kappa shape index (κ1) is 17.8. The molecule has 2 aliphatic rings. The second-order valence-corrected chi connectivity index (χ2v) is 6.99. The summed E-state index contributed by atoms with van der Waals surface area (Å²) in [5, 5.41) is 4.04. The van der Waals surface area contributed by atoms with Crippen LogP contribution in [0.5, 0.6) is 0 Å². The highest BCUT2D eigenvalue weighted by molar-refractivity contribution is 6.01. The number of hydrogen-bond acceptors (Lipinski definition) is 6. The number of nitrogens with zero attached hydrogens (tertiary/aromatic N) is 3. The van der Waals surface area contributed by atoms with E-state index in [4.69, 9.17) is 14.7 Å². The average molecular weight is 387 g/mol. The molecule has 0 radical (unpaired) electrons. The molecule has 0 spiro atoms. The molecule has 140 valence electrons. The molecule has 3 aromatic rings. The van der Waals surface area contributed by atoms with E-state index in [-0.39, 0.29) is 18.3 Å². The molecule has 1 amide bonds. The maximum atomic E-state index is 12.4. The molecule has 1 aromatic carbocycles. The third kappa shape index (κ3) is 2.83. The molecule has 1 aliphatic carbocycles. The van der Waals surface area contributed by atoms with Crippen LogP contribution < -0.4 is 10.6 Å². The molecule has 5 rings (SSSR count). The van der Waals surface area contributed by atoms with E-state index in [0.717, 1.165) is 36.1 Å². The van der Waals surface area contributed by atoms with Crippen molar-refractivity contribution in [1.29, 1.82) is 0 Å². The predicted octanol–water partition coefficient (Wildman–Crippen LogP) is 3.18. The summed E-state index contributed by atoms with van der Waals surface area (Å²) in [5.74, 6) is 1.38. The lowest BCUT2D eigenvalue weighted by Crippen LogP contribution is -2.44. The Balaban J connectivity index is 0.00000180. The van der Waals surface area contributed by atoms with Gasteiger partial charge in [0.25, 0.3) is 5.89 Å². The number of halogens is 1. The molecule has 0 bridgehead atoms. The Labute approximate surface area is 161 Å². The van der Waals surface area contributed by atoms with Gasteiger partial charge in [-0.05, 0) is 37.0 Å². The zero-order valence-electron chi connectivity index (χ0n) is 14.6. The van der Waals surface area contributed by atoms with Crippen molar-refractivity contribution < 1.29 is 13.7 Å². The van der Waals surface area contributed by atoms with Crippen LogP contribution >= 0.6 is 12.4 Å². The maximum absolute atomic E-state index is 12.4. The molecule has 1 fully saturated rings. The number of fused-ring (bicyclic) bond motifs is 1. The zero-order chi connectivity index (χ0) is 17.7. The van der Waals surface area contributed by atoms with Crippen LogP contribution in [0.3, 0.4) is 0 Å². The molecule has 3 heterocycles. The molecule has 8 heteroatoms. The van der Waals surface area contributed by atoms with E-state index in [9.17, 15) is 4.79 Å². The van der Waals surface area contributed by atoms with Gasteiger partial charge < -0.3 is 19.6 Å². The fourth-order valence-electron chi connectivity index (χ4n) is 3.61. The van der Waals surface area contributed by atoms with Crippen LogP contribution in [0.15, 0.2) is 45.5 Å². The van der Waals surface area contributed by atoms with Crippen LogP contribution in [0.1, 0.15) is 36.2 Å². The second kappa shape index (κ2) is 6.51. The van der Waals surface area contributed by atoms with Gasteiger partial charge in [-0.25, -0.2) is 0 Å². The molecule has 7 nitrogen and oxygen atoms in total. The summed E-state index contributed by atoms with van der Waals surface area (Å²) in [5.41, 5.74) is 8.58. The van der Waals surface area contributed by atoms with Crippen LogP contribution in [0, 0.1) is 0 Å². The number of para-hydroxylation sites is 1. The van der Waals surface area contributed by atoms with E-state index in [2.05, 4.69) is 10.1 Å². The fourth-order valence-corrected chi connectivity index (χ4v) is 3.61. The summed E-state index contributed by atoms with van der Waals surface area (Å²) in [4.78, 5) is 18.6. The van der Waals surface area contributed by atoms with Crippen LogP contribution in [0.25, 0.3) is 11.7 Å². The standard InChI is InChI=1S/C19H18N4O3.ClH/c20-19(7-3-8-19)18-21-17(26-22-18)16-13(6-9-25-16)11-23-14-5-2-1-4-12(14)10-15(23)24;/h1-2,4-6,9H,3,7-8,10-11,20H2;1H. The minimum atomic E-state index is -0.488. The predicted molar refractivity (Wildman–Crippen MR) is 100 cm³/mol. The first-order chi connectivity index (χ1) is 12.6. The maximum Gasteiger partial charge on any atom is 0.294 e. The highest BCUT2D eigenvalue weighted by atomic mass is 35.5. The first-order valence-electron chi connectivity index (χ1n) is 8.72. The highest BCUT2D eigenvalue weighted by Crippen LogP contribution is 2.38. The molecule has 2 N–H and O–H groups in total. The molecule has 0 atom stereocenters. The molecule has 0 unspecified atom stereocenters. The SMILES string of the molecule is Cl.NC1(c2noc(-c3occc3CN3C(=O)Cc4ccccc43)n2)CCC1. The van der Waals surface area contributed by atoms with Crippen molar-refractivity contribution in [3.05, 3.63) is 53.5 Å². The van der Waals surface area contributed by atoms with Crippen molar-refractivity contribution in [3.63, 3.8) is 0 Å². The molecule has 1 aliphatic heterocycles. The Hall–Kier alpha value is -2.64. The summed E-state index contributed by atoms with van der Waals surface area (Å²) in [6.07, 6.45) is 4.78. The lowest BCUT2D eigenvalue weighted by molar-refractivity contribution is -0.117. The van der Waals surface area contributed by atoms with Gasteiger partial charge in [0.15, 0.2) is 11.6 Å². The third-order valence-corrected chi connectivity index (χ3v) is 5.31. The van der Waals surface area contributed by atoms with Crippen molar-refractivity contribution in [2.75, 3.05) is 4.90 Å². The monoisotopic (exact) mass is 386 g/mol. The summed E-state index contributed by atoms with van der Waals surface area (Å²) in [6.45, 7) is 0.396. The molecular formula is C19H19ClN4O3. The van der Waals surface area contributed by atoms with E-state index < -0.39 is 5.54 Å². The van der Waals surface area contributed by atoms with Gasteiger partial charge in [-0.1, -0.05) is 23.4 Å². The van der Waals surface area contributed by atoms with Crippen LogP contribution in [0.2, 0.25) is 0 Å². The van der Waals surface area contributed by atoms with Crippen molar-refractivity contribution in [2.24, 2.45) is 5.73 Å². The Bertz CT molecular complexity index is 992. The number of carbonyl (C=O) groups is 1. The zero-order valence-corrected chi connectivity index (χ0v) is 15.4. The van der Waals surface area contributed by atoms with Crippen molar-refractivity contribution >= 4 is 24.0 Å². The van der Waals surface area contributed by atoms with E-state index in [0.29, 0.717) is 30.4 Å². The number of nitrogens with two attached hydrogens (primary N) is 1. The minimum absolute atomic E-state index is 0. The minimum Gasteiger partial charge on any atom is -0.459 e. The Morgan fingerprint density at radius 1 is 1.22 bits per heavy atom. The largest absolute Gasteiger partial charge is 0.459 e. The van der Waals surface area contributed by atoms with Gasteiger partial charge in [0, 0.05) is 11.3 Å². The molecule has 0 saturated heterocycles. The van der Waals surface area contributed by atoms with E-state index >= 15 is 0 Å². The molecule has 27 heavy (non-hydrogen) atoms. The highest BCUT2D eigenvalue weighted by Gasteiger charge is 2.39. The van der Waals surface area contributed by atoms with Gasteiger partial charge in [0.05, 0.1) is 24.8 Å². The van der Waals surface area contributed by atoms with Crippen molar-refractivity contribution in [3.8, 4) is 11.7 Å². The second-order valence-electron chi connectivity index (χ2n) is 6.99. The first-order valence-corrected chi connectivity index (χ1v) is 8.72. The topological polar surface area (TPSA) is 98.4 Å². The molecule has 1 saturated carbocycles. The summed E-state index contributed by atoms with van der Waals surface area (Å²) >= 11 is 0. The molecular weight excluding hydrogens is 368 g/mol. The normalized spacial score (nSPS) is 17.4. The Kier molecular flexibility index (Phi) is 4.28. The Morgan fingerprint density at radius 3 is 2.81 bits per heavy atom.